The lowest BCUT2D eigenvalue weighted by atomic mass is 9.93. The van der Waals surface area contributed by atoms with E-state index >= 15 is 9.59 Å². The van der Waals surface area contributed by atoms with Gasteiger partial charge in [0.25, 0.3) is 11.8 Å². The summed E-state index contributed by atoms with van der Waals surface area (Å²) in [6.07, 6.45) is -9.84. The molecule has 5 aromatic carbocycles. The second kappa shape index (κ2) is 26.2. The Morgan fingerprint density at radius 3 is 1.42 bits per heavy atom. The number of rotatable bonds is 24. The molecule has 16 heteroatoms. The Morgan fingerprint density at radius 2 is 0.961 bits per heavy atom. The van der Waals surface area contributed by atoms with Crippen LogP contribution in [-0.4, -0.2) is 120 Å². The van der Waals surface area contributed by atoms with Crippen LogP contribution in [0.2, 0.25) is 43.8 Å². The largest absolute Gasteiger partial charge is 0.457 e. The maximum Gasteiger partial charge on any atom is 0.303 e. The van der Waals surface area contributed by atoms with Crippen LogP contribution in [0.3, 0.4) is 0 Å². The minimum absolute atomic E-state index is 0.0469. The highest BCUT2D eigenvalue weighted by molar-refractivity contribution is 6.76. The van der Waals surface area contributed by atoms with Gasteiger partial charge in [-0.2, -0.15) is 0 Å². The molecule has 3 heterocycles. The molecule has 0 aliphatic carbocycles. The number of nitrogens with zero attached hydrogens (tertiary/aromatic N) is 1. The van der Waals surface area contributed by atoms with Crippen LogP contribution >= 0.6 is 0 Å². The molecule has 2 amide bonds. The fourth-order valence-corrected chi connectivity index (χ4v) is 11.5. The molecule has 5 aromatic rings. The molecule has 0 N–H and O–H groups in total. The molecule has 3 aliphatic rings. The van der Waals surface area contributed by atoms with Gasteiger partial charge in [0.1, 0.15) is 42.7 Å². The van der Waals surface area contributed by atoms with Gasteiger partial charge >= 0.3 is 5.97 Å². The van der Waals surface area contributed by atoms with Crippen molar-refractivity contribution < 1.29 is 61.4 Å². The third kappa shape index (κ3) is 15.1. The van der Waals surface area contributed by atoms with Crippen LogP contribution in [0.15, 0.2) is 146 Å². The lowest BCUT2D eigenvalue weighted by molar-refractivity contribution is -0.362. The summed E-state index contributed by atoms with van der Waals surface area (Å²) < 4.78 is 69.5. The molecule has 0 bridgehead atoms. The second-order valence-electron chi connectivity index (χ2n) is 22.8. The minimum atomic E-state index is -2.79. The molecule has 2 saturated heterocycles. The van der Waals surface area contributed by atoms with Gasteiger partial charge in [0.05, 0.1) is 50.8 Å². The zero-order chi connectivity index (χ0) is 54.7. The molecular formula is C61H77NO13Si2. The number of esters is 1. The van der Waals surface area contributed by atoms with Crippen LogP contribution in [0.1, 0.15) is 70.7 Å². The van der Waals surface area contributed by atoms with Crippen molar-refractivity contribution in [1.82, 2.24) is 4.90 Å². The summed E-state index contributed by atoms with van der Waals surface area (Å²) in [6, 6.07) is 45.2. The third-order valence-corrected chi connectivity index (χ3v) is 20.8. The Balaban J connectivity index is 1.28. The van der Waals surface area contributed by atoms with E-state index in [9.17, 15) is 4.79 Å². The summed E-state index contributed by atoms with van der Waals surface area (Å²) in [5, 5.41) is -0.335. The molecule has 412 valence electrons. The van der Waals surface area contributed by atoms with E-state index < -0.39 is 95.5 Å². The molecule has 8 rings (SSSR count). The molecular weight excluding hydrogens is 1010 g/mol. The normalized spacial score (nSPS) is 24.9. The highest BCUT2D eigenvalue weighted by Gasteiger charge is 2.60. The maximum atomic E-state index is 15.0. The summed E-state index contributed by atoms with van der Waals surface area (Å²) in [5.74, 6) is -1.86. The predicted molar refractivity (Wildman–Crippen MR) is 297 cm³/mol. The van der Waals surface area contributed by atoms with Crippen molar-refractivity contribution in [1.29, 1.82) is 0 Å². The first-order valence-corrected chi connectivity index (χ1v) is 33.4. The molecule has 0 saturated carbocycles. The lowest BCUT2D eigenvalue weighted by Gasteiger charge is -2.53. The van der Waals surface area contributed by atoms with E-state index in [4.69, 9.17) is 47.1 Å². The van der Waals surface area contributed by atoms with Crippen molar-refractivity contribution in [2.24, 2.45) is 0 Å². The van der Waals surface area contributed by atoms with Crippen LogP contribution in [0.25, 0.3) is 0 Å². The van der Waals surface area contributed by atoms with Crippen molar-refractivity contribution in [2.75, 3.05) is 19.8 Å². The number of fused-ring (bicyclic) bond motifs is 1. The third-order valence-electron chi connectivity index (χ3n) is 14.7. The lowest BCUT2D eigenvalue weighted by Crippen LogP contribution is -2.71. The Hall–Kier alpha value is -5.22. The number of benzene rings is 5. The molecule has 0 spiro atoms. The maximum absolute atomic E-state index is 15.0. The summed E-state index contributed by atoms with van der Waals surface area (Å²) in [4.78, 5) is 44.9. The SMILES string of the molecule is CC(=O)O[C@H]1[C@H](O[Si](C)(C)C(C)(C)C)[C@@H](COCc2ccccc2)O[C@@H](O[C@H]2[C@@H](OCc3ccccc3)[C@@H](COCc3ccccc3)O[C@@H](OCC[Si](C)(C)C)[C@@H]2OCc2ccccc2)[C@@H]1N1C(=O)c2ccccc2C1=O. The van der Waals surface area contributed by atoms with Crippen molar-refractivity contribution in [3.8, 4) is 0 Å². The minimum Gasteiger partial charge on any atom is -0.457 e. The van der Waals surface area contributed by atoms with Crippen LogP contribution in [0, 0.1) is 0 Å². The fraction of sp³-hybridized carbons (Fsp3) is 0.459. The van der Waals surface area contributed by atoms with E-state index in [0.717, 1.165) is 33.2 Å². The summed E-state index contributed by atoms with van der Waals surface area (Å²) >= 11 is 0. The Labute approximate surface area is 456 Å². The van der Waals surface area contributed by atoms with E-state index in [-0.39, 0.29) is 55.8 Å². The van der Waals surface area contributed by atoms with Crippen molar-refractivity contribution in [3.63, 3.8) is 0 Å². The van der Waals surface area contributed by atoms with Gasteiger partial charge in [0.15, 0.2) is 27.0 Å². The first-order valence-electron chi connectivity index (χ1n) is 26.8. The zero-order valence-electron chi connectivity index (χ0n) is 46.0. The fourth-order valence-electron chi connectivity index (χ4n) is 9.46. The smallest absolute Gasteiger partial charge is 0.303 e. The average Bonchev–Trinajstić information content (AvgIpc) is 3.82. The van der Waals surface area contributed by atoms with Gasteiger partial charge in [0, 0.05) is 21.6 Å². The molecule has 2 fully saturated rings. The van der Waals surface area contributed by atoms with Gasteiger partial charge in [-0.3, -0.25) is 19.3 Å². The van der Waals surface area contributed by atoms with Gasteiger partial charge in [0.2, 0.25) is 0 Å². The van der Waals surface area contributed by atoms with Crippen LogP contribution in [0.4, 0.5) is 0 Å². The van der Waals surface area contributed by atoms with E-state index in [1.165, 1.54) is 6.92 Å². The van der Waals surface area contributed by atoms with Crippen LogP contribution < -0.4 is 0 Å². The van der Waals surface area contributed by atoms with E-state index in [1.807, 2.05) is 121 Å². The molecule has 0 aromatic heterocycles. The van der Waals surface area contributed by atoms with Gasteiger partial charge in [-0.25, -0.2) is 0 Å². The zero-order valence-corrected chi connectivity index (χ0v) is 48.0. The number of carbonyl (C=O) groups excluding carboxylic acids is 3. The molecule has 10 atom stereocenters. The topological polar surface area (TPSA) is 147 Å². The molecule has 0 radical (unpaired) electrons. The molecule has 14 nitrogen and oxygen atoms in total. The van der Waals surface area contributed by atoms with Crippen molar-refractivity contribution >= 4 is 34.2 Å². The first kappa shape index (κ1) is 57.9. The average molecular weight is 1090 g/mol. The predicted octanol–water partition coefficient (Wildman–Crippen LogP) is 10.8. The van der Waals surface area contributed by atoms with Crippen molar-refractivity contribution in [2.45, 2.75) is 159 Å². The molecule has 0 unspecified atom stereocenters. The van der Waals surface area contributed by atoms with Crippen LogP contribution in [-0.2, 0) is 78.3 Å². The first-order chi connectivity index (χ1) is 36.9. The highest BCUT2D eigenvalue weighted by atomic mass is 28.4. The van der Waals surface area contributed by atoms with Gasteiger partial charge in [-0.05, 0) is 58.6 Å². The van der Waals surface area contributed by atoms with Crippen LogP contribution in [0.5, 0.6) is 0 Å². The number of imide groups is 1. The van der Waals surface area contributed by atoms with Gasteiger partial charge in [-0.15, -0.1) is 0 Å². The Bertz CT molecular complexity index is 2630. The summed E-state index contributed by atoms with van der Waals surface area (Å²) in [5.41, 5.74) is 4.06. The molecule has 77 heavy (non-hydrogen) atoms. The number of ether oxygens (including phenoxy) is 9. The Morgan fingerprint density at radius 1 is 0.532 bits per heavy atom. The summed E-state index contributed by atoms with van der Waals surface area (Å²) in [7, 11) is -4.43. The standard InChI is InChI=1S/C61H77NO13Si2/c1-42(63)71-54-51(62-57(64)47-32-22-23-33-48(47)58(62)65)59(72-50(41-67-37-44-26-16-11-17-27-44)53(54)75-77(8,9)61(2,3)4)74-55-52(69-38-45-28-18-12-19-29-45)49(40-66-36-43-24-14-10-15-25-43)73-60(68-34-35-76(5,6)7)56(55)70-39-46-30-20-13-21-31-46/h10-33,49-56,59-60H,34-41H2,1-9H3/t49-,50-,51-,52+,53-,54-,55+,56-,59+,60-/m1/s1. The summed E-state index contributed by atoms with van der Waals surface area (Å²) in [6.45, 7) is 19.8. The second-order valence-corrected chi connectivity index (χ2v) is 33.2. The number of hydrogen-bond acceptors (Lipinski definition) is 13. The number of amides is 2. The number of hydrogen-bond donors (Lipinski definition) is 0. The van der Waals surface area contributed by atoms with E-state index in [0.29, 0.717) is 6.61 Å². The van der Waals surface area contributed by atoms with Gasteiger partial charge < -0.3 is 47.1 Å². The van der Waals surface area contributed by atoms with Gasteiger partial charge in [-0.1, -0.05) is 174 Å². The van der Waals surface area contributed by atoms with E-state index in [2.05, 4.69) is 53.5 Å². The van der Waals surface area contributed by atoms with E-state index in [1.54, 1.807) is 24.3 Å². The monoisotopic (exact) mass is 1090 g/mol. The Kier molecular flexibility index (Phi) is 19.7. The van der Waals surface area contributed by atoms with Crippen molar-refractivity contribution in [3.05, 3.63) is 179 Å². The molecule has 3 aliphatic heterocycles. The highest BCUT2D eigenvalue weighted by Crippen LogP contribution is 2.43. The number of carbonyl (C=O) groups is 3. The quantitative estimate of drug-likeness (QED) is 0.0328.